The van der Waals surface area contributed by atoms with Gasteiger partial charge in [0.1, 0.15) is 0 Å². The van der Waals surface area contributed by atoms with E-state index in [4.69, 9.17) is 8.85 Å². The van der Waals surface area contributed by atoms with Crippen molar-refractivity contribution in [1.29, 1.82) is 0 Å². The van der Waals surface area contributed by atoms with Crippen LogP contribution in [0, 0.1) is 0 Å². The van der Waals surface area contributed by atoms with Gasteiger partial charge in [0.05, 0.1) is 0 Å². The van der Waals surface area contributed by atoms with E-state index in [2.05, 4.69) is 76.2 Å². The van der Waals surface area contributed by atoms with E-state index in [0.29, 0.717) is 13.2 Å². The first-order valence-corrected chi connectivity index (χ1v) is 20.5. The molecule has 3 heteroatoms. The topological polar surface area (TPSA) is 18.5 Å². The van der Waals surface area contributed by atoms with Gasteiger partial charge in [-0.25, -0.2) is 0 Å². The first-order chi connectivity index (χ1) is 21.2. The summed E-state index contributed by atoms with van der Waals surface area (Å²) in [5.41, 5.74) is 2.87. The minimum absolute atomic E-state index is 0.672. The van der Waals surface area contributed by atoms with Crippen LogP contribution >= 0.6 is 0 Å². The zero-order valence-electron chi connectivity index (χ0n) is 28.9. The summed E-state index contributed by atoms with van der Waals surface area (Å²) in [5, 5.41) is 2.68. The van der Waals surface area contributed by atoms with Gasteiger partial charge < -0.3 is 8.85 Å². The van der Waals surface area contributed by atoms with Gasteiger partial charge in [0, 0.05) is 23.6 Å². The Bertz CT molecular complexity index is 851. The van der Waals surface area contributed by atoms with E-state index in [1.807, 2.05) is 0 Å². The number of aryl methyl sites for hydroxylation is 2. The molecule has 0 aliphatic carbocycles. The van der Waals surface area contributed by atoms with Gasteiger partial charge in [0.25, 0.3) is 0 Å². The summed E-state index contributed by atoms with van der Waals surface area (Å²) in [7, 11) is -2.83. The Balaban J connectivity index is 2.03. The molecule has 0 aliphatic rings. The van der Waals surface area contributed by atoms with E-state index in [0.717, 1.165) is 12.8 Å². The van der Waals surface area contributed by atoms with E-state index in [-0.39, 0.29) is 0 Å². The Kier molecular flexibility index (Phi) is 21.8. The molecule has 0 saturated heterocycles. The predicted octanol–water partition coefficient (Wildman–Crippen LogP) is 11.2. The molecule has 0 bridgehead atoms. The van der Waals surface area contributed by atoms with Crippen LogP contribution in [0.2, 0.25) is 0 Å². The van der Waals surface area contributed by atoms with Crippen LogP contribution in [0.1, 0.15) is 167 Å². The number of hydrogen-bond acceptors (Lipinski definition) is 2. The van der Waals surface area contributed by atoms with Crippen molar-refractivity contribution in [2.45, 2.75) is 169 Å². The van der Waals surface area contributed by atoms with Crippen molar-refractivity contribution in [2.24, 2.45) is 0 Å². The minimum atomic E-state index is -2.83. The van der Waals surface area contributed by atoms with Crippen molar-refractivity contribution in [3.63, 3.8) is 0 Å². The van der Waals surface area contributed by atoms with Gasteiger partial charge in [-0.3, -0.25) is 0 Å². The summed E-state index contributed by atoms with van der Waals surface area (Å²) in [5.74, 6) is 0. The summed E-state index contributed by atoms with van der Waals surface area (Å²) >= 11 is 0. The maximum absolute atomic E-state index is 6.84. The molecule has 2 rings (SSSR count). The van der Waals surface area contributed by atoms with E-state index < -0.39 is 8.56 Å². The van der Waals surface area contributed by atoms with Gasteiger partial charge in [-0.15, -0.1) is 0 Å². The molecule has 0 aliphatic heterocycles. The highest BCUT2D eigenvalue weighted by molar-refractivity contribution is 6.93. The molecule has 0 N–H and O–H groups in total. The molecule has 0 radical (unpaired) electrons. The Morgan fingerprint density at radius 2 is 0.698 bits per heavy atom. The summed E-state index contributed by atoms with van der Waals surface area (Å²) in [4.78, 5) is 0. The van der Waals surface area contributed by atoms with Crippen LogP contribution in [0.25, 0.3) is 0 Å². The zero-order valence-corrected chi connectivity index (χ0v) is 29.9. The van der Waals surface area contributed by atoms with E-state index in [1.165, 1.54) is 150 Å². The van der Waals surface area contributed by atoms with Crippen LogP contribution in [-0.2, 0) is 21.7 Å². The average molecular weight is 609 g/mol. The highest BCUT2D eigenvalue weighted by Crippen LogP contribution is 2.20. The molecule has 0 amide bonds. The first kappa shape index (κ1) is 37.8. The Morgan fingerprint density at radius 3 is 1.02 bits per heavy atom. The minimum Gasteiger partial charge on any atom is -0.388 e. The molecular formula is C40H68O2Si. The van der Waals surface area contributed by atoms with Gasteiger partial charge in [0.15, 0.2) is 0 Å². The fourth-order valence-corrected chi connectivity index (χ4v) is 10.3. The van der Waals surface area contributed by atoms with Gasteiger partial charge >= 0.3 is 8.56 Å². The molecule has 2 aromatic rings. The van der Waals surface area contributed by atoms with Crippen LogP contribution in [0.4, 0.5) is 0 Å². The largest absolute Gasteiger partial charge is 0.407 e. The monoisotopic (exact) mass is 608 g/mol. The first-order valence-electron chi connectivity index (χ1n) is 18.7. The summed E-state index contributed by atoms with van der Waals surface area (Å²) < 4.78 is 13.7. The van der Waals surface area contributed by atoms with Crippen molar-refractivity contribution < 1.29 is 8.85 Å². The number of unbranched alkanes of at least 4 members (excludes halogenated alkanes) is 18. The summed E-state index contributed by atoms with van der Waals surface area (Å²) in [6, 6.07) is 18.1. The predicted molar refractivity (Wildman–Crippen MR) is 192 cm³/mol. The SMILES string of the molecule is CCCCCCCCCCCCc1ccccc1[Si](OCC)(OCC)c1ccccc1CCCCCCCCCCCC. The molecule has 0 atom stereocenters. The van der Waals surface area contributed by atoms with Crippen molar-refractivity contribution >= 4 is 18.9 Å². The lowest BCUT2D eigenvalue weighted by Crippen LogP contribution is -2.65. The van der Waals surface area contributed by atoms with Gasteiger partial charge in [-0.1, -0.05) is 178 Å². The van der Waals surface area contributed by atoms with Crippen molar-refractivity contribution in [3.05, 3.63) is 59.7 Å². The molecule has 244 valence electrons. The molecular weight excluding hydrogens is 541 g/mol. The van der Waals surface area contributed by atoms with Crippen LogP contribution in [-0.4, -0.2) is 21.8 Å². The molecule has 0 fully saturated rings. The maximum Gasteiger partial charge on any atom is 0.407 e. The molecule has 0 saturated carbocycles. The number of hydrogen-bond donors (Lipinski definition) is 0. The maximum atomic E-state index is 6.84. The standard InChI is InChI=1S/C40H68O2Si/c1-5-9-11-13-15-17-19-21-23-25-31-37-33-27-29-35-39(37)43(41-7-3,42-8-4)40-36-30-28-34-38(40)32-26-24-22-20-18-16-14-12-10-6-2/h27-30,33-36H,5-26,31-32H2,1-4H3. The lowest BCUT2D eigenvalue weighted by atomic mass is 10.0. The Hall–Kier alpha value is -1.42. The lowest BCUT2D eigenvalue weighted by Gasteiger charge is -2.34. The van der Waals surface area contributed by atoms with Gasteiger partial charge in [-0.05, 0) is 50.7 Å². The second kappa shape index (κ2) is 24.8. The molecule has 43 heavy (non-hydrogen) atoms. The fourth-order valence-electron chi connectivity index (χ4n) is 6.63. The molecule has 2 aromatic carbocycles. The average Bonchev–Trinajstić information content (AvgIpc) is 3.03. The second-order valence-corrected chi connectivity index (χ2v) is 15.5. The molecule has 0 aromatic heterocycles. The second-order valence-electron chi connectivity index (χ2n) is 12.7. The molecule has 2 nitrogen and oxygen atoms in total. The third-order valence-electron chi connectivity index (χ3n) is 9.04. The Labute approximate surface area is 269 Å². The fraction of sp³-hybridized carbons (Fsp3) is 0.700. The van der Waals surface area contributed by atoms with Crippen molar-refractivity contribution in [3.8, 4) is 0 Å². The smallest absolute Gasteiger partial charge is 0.388 e. The molecule has 0 spiro atoms. The van der Waals surface area contributed by atoms with Gasteiger partial charge in [-0.2, -0.15) is 0 Å². The normalized spacial score (nSPS) is 11.8. The third-order valence-corrected chi connectivity index (χ3v) is 12.8. The zero-order chi connectivity index (χ0) is 30.9. The molecule has 0 unspecified atom stereocenters. The van der Waals surface area contributed by atoms with Crippen LogP contribution in [0.3, 0.4) is 0 Å². The van der Waals surface area contributed by atoms with E-state index >= 15 is 0 Å². The number of rotatable bonds is 28. The highest BCUT2D eigenvalue weighted by atomic mass is 28.4. The quantitative estimate of drug-likeness (QED) is 0.0706. The summed E-state index contributed by atoms with van der Waals surface area (Å²) in [6.07, 6.45) is 29.6. The van der Waals surface area contributed by atoms with E-state index in [1.54, 1.807) is 0 Å². The lowest BCUT2D eigenvalue weighted by molar-refractivity contribution is 0.208. The highest BCUT2D eigenvalue weighted by Gasteiger charge is 2.45. The molecule has 0 heterocycles. The number of benzene rings is 2. The van der Waals surface area contributed by atoms with E-state index in [9.17, 15) is 0 Å². The third kappa shape index (κ3) is 14.5. The van der Waals surface area contributed by atoms with Crippen LogP contribution in [0.5, 0.6) is 0 Å². The summed E-state index contributed by atoms with van der Waals surface area (Å²) in [6.45, 7) is 10.2. The van der Waals surface area contributed by atoms with Crippen LogP contribution in [0.15, 0.2) is 48.5 Å². The van der Waals surface area contributed by atoms with Crippen LogP contribution < -0.4 is 10.4 Å². The van der Waals surface area contributed by atoms with Crippen molar-refractivity contribution in [2.75, 3.05) is 13.2 Å². The van der Waals surface area contributed by atoms with Gasteiger partial charge in [0.2, 0.25) is 0 Å². The Morgan fingerprint density at radius 1 is 0.395 bits per heavy atom. The van der Waals surface area contributed by atoms with Crippen molar-refractivity contribution in [1.82, 2.24) is 0 Å².